The normalized spacial score (nSPS) is 12.7. The molecule has 0 radical (unpaired) electrons. The van der Waals surface area contributed by atoms with E-state index in [1.165, 1.54) is 0 Å². The Morgan fingerprint density at radius 2 is 2.17 bits per heavy atom. The highest BCUT2D eigenvalue weighted by Crippen LogP contribution is 2.11. The summed E-state index contributed by atoms with van der Waals surface area (Å²) < 4.78 is 2.05. The van der Waals surface area contributed by atoms with E-state index in [-0.39, 0.29) is 5.91 Å². The summed E-state index contributed by atoms with van der Waals surface area (Å²) in [5.41, 5.74) is 0. The number of carbonyl (C=O) groups is 1. The Bertz CT molecular complexity index is 373. The minimum Gasteiger partial charge on any atom is -0.354 e. The number of nitrogens with one attached hydrogen (secondary N) is 2. The number of likely N-dealkylation sites (N-methyl/N-ethyl adjacent to an activating group) is 1. The molecule has 0 aromatic carbocycles. The molecule has 1 aromatic rings. The molecule has 0 aliphatic heterocycles. The second kappa shape index (κ2) is 7.16. The van der Waals surface area contributed by atoms with Crippen molar-refractivity contribution in [1.82, 2.24) is 20.2 Å². The molecule has 5 nitrogen and oxygen atoms in total. The summed E-state index contributed by atoms with van der Waals surface area (Å²) in [6, 6.07) is 0.299. The van der Waals surface area contributed by atoms with Gasteiger partial charge >= 0.3 is 0 Å². The molecule has 0 bridgehead atoms. The van der Waals surface area contributed by atoms with Crippen LogP contribution in [0.2, 0.25) is 0 Å². The van der Waals surface area contributed by atoms with E-state index in [4.69, 9.17) is 0 Å². The lowest BCUT2D eigenvalue weighted by atomic mass is 10.2. The molecule has 102 valence electrons. The Balaban J connectivity index is 2.36. The maximum atomic E-state index is 11.7. The molecule has 0 saturated heterocycles. The van der Waals surface area contributed by atoms with E-state index in [0.717, 1.165) is 5.82 Å². The molecule has 0 spiro atoms. The molecule has 1 atom stereocenters. The van der Waals surface area contributed by atoms with Crippen molar-refractivity contribution in [3.8, 4) is 0 Å². The maximum Gasteiger partial charge on any atom is 0.221 e. The van der Waals surface area contributed by atoms with Crippen LogP contribution in [0.25, 0.3) is 0 Å². The zero-order chi connectivity index (χ0) is 13.5. The van der Waals surface area contributed by atoms with Crippen LogP contribution in [0.1, 0.15) is 38.9 Å². The molecule has 1 amide bonds. The van der Waals surface area contributed by atoms with Crippen LogP contribution in [-0.4, -0.2) is 35.1 Å². The summed E-state index contributed by atoms with van der Waals surface area (Å²) >= 11 is 0. The number of aryl methyl sites for hydroxylation is 1. The van der Waals surface area contributed by atoms with Crippen LogP contribution in [0.4, 0.5) is 0 Å². The van der Waals surface area contributed by atoms with Gasteiger partial charge in [-0.2, -0.15) is 0 Å². The fraction of sp³-hybridized carbons (Fsp3) is 0.692. The predicted molar refractivity (Wildman–Crippen MR) is 72.5 cm³/mol. The van der Waals surface area contributed by atoms with Gasteiger partial charge < -0.3 is 15.2 Å². The van der Waals surface area contributed by atoms with Gasteiger partial charge in [0.15, 0.2) is 0 Å². The number of hydrogen-bond acceptors (Lipinski definition) is 3. The minimum atomic E-state index is 0.0838. The highest BCUT2D eigenvalue weighted by atomic mass is 16.1. The highest BCUT2D eigenvalue weighted by molar-refractivity contribution is 5.75. The van der Waals surface area contributed by atoms with Crippen LogP contribution in [-0.2, 0) is 11.3 Å². The molecule has 1 heterocycles. The smallest absolute Gasteiger partial charge is 0.221 e. The standard InChI is InChI=1S/C13H24N4O/c1-10(2)13-15-6-8-17(13)7-5-12(18)16-9-11(3)14-4/h6,8,10-11,14H,5,7,9H2,1-4H3,(H,16,18). The van der Waals surface area contributed by atoms with E-state index in [0.29, 0.717) is 31.5 Å². The van der Waals surface area contributed by atoms with E-state index >= 15 is 0 Å². The average molecular weight is 252 g/mol. The Kier molecular flexibility index (Phi) is 5.85. The first-order valence-corrected chi connectivity index (χ1v) is 6.49. The number of nitrogens with zero attached hydrogens (tertiary/aromatic N) is 2. The maximum absolute atomic E-state index is 11.7. The Hall–Kier alpha value is -1.36. The molecule has 0 fully saturated rings. The van der Waals surface area contributed by atoms with Gasteiger partial charge in [0, 0.05) is 43.9 Å². The fourth-order valence-corrected chi connectivity index (χ4v) is 1.69. The van der Waals surface area contributed by atoms with Crippen molar-refractivity contribution >= 4 is 5.91 Å². The van der Waals surface area contributed by atoms with Gasteiger partial charge in [-0.3, -0.25) is 4.79 Å². The Morgan fingerprint density at radius 3 is 2.78 bits per heavy atom. The van der Waals surface area contributed by atoms with Gasteiger partial charge in [0.05, 0.1) is 0 Å². The SMILES string of the molecule is CNC(C)CNC(=O)CCn1ccnc1C(C)C. The average Bonchev–Trinajstić information content (AvgIpc) is 2.81. The van der Waals surface area contributed by atoms with E-state index in [1.54, 1.807) is 6.20 Å². The zero-order valence-corrected chi connectivity index (χ0v) is 11.7. The lowest BCUT2D eigenvalue weighted by Gasteiger charge is -2.13. The number of amides is 1. The van der Waals surface area contributed by atoms with Gasteiger partial charge in [-0.25, -0.2) is 4.98 Å². The molecule has 2 N–H and O–H groups in total. The van der Waals surface area contributed by atoms with Crippen molar-refractivity contribution in [2.45, 2.75) is 45.7 Å². The highest BCUT2D eigenvalue weighted by Gasteiger charge is 2.09. The number of aromatic nitrogens is 2. The number of hydrogen-bond donors (Lipinski definition) is 2. The lowest BCUT2D eigenvalue weighted by Crippen LogP contribution is -2.37. The van der Waals surface area contributed by atoms with E-state index < -0.39 is 0 Å². The van der Waals surface area contributed by atoms with Gasteiger partial charge in [0.2, 0.25) is 5.91 Å². The second-order valence-electron chi connectivity index (χ2n) is 4.88. The van der Waals surface area contributed by atoms with Gasteiger partial charge in [0.25, 0.3) is 0 Å². The van der Waals surface area contributed by atoms with Crippen LogP contribution in [0.5, 0.6) is 0 Å². The number of imidazole rings is 1. The Morgan fingerprint density at radius 1 is 1.44 bits per heavy atom. The first-order chi connectivity index (χ1) is 8.54. The molecule has 5 heteroatoms. The largest absolute Gasteiger partial charge is 0.354 e. The molecule has 1 unspecified atom stereocenters. The van der Waals surface area contributed by atoms with Crippen LogP contribution >= 0.6 is 0 Å². The van der Waals surface area contributed by atoms with Crippen molar-refractivity contribution in [2.75, 3.05) is 13.6 Å². The fourth-order valence-electron chi connectivity index (χ4n) is 1.69. The molecule has 0 aliphatic carbocycles. The Labute approximate surface area is 109 Å². The third kappa shape index (κ3) is 4.49. The molecular formula is C13H24N4O. The van der Waals surface area contributed by atoms with Gasteiger partial charge in [-0.1, -0.05) is 13.8 Å². The van der Waals surface area contributed by atoms with Crippen LogP contribution < -0.4 is 10.6 Å². The topological polar surface area (TPSA) is 58.9 Å². The lowest BCUT2D eigenvalue weighted by molar-refractivity contribution is -0.121. The van der Waals surface area contributed by atoms with E-state index in [2.05, 4.69) is 29.5 Å². The van der Waals surface area contributed by atoms with E-state index in [1.807, 2.05) is 24.7 Å². The molecule has 1 rings (SSSR count). The molecule has 1 aromatic heterocycles. The number of carbonyl (C=O) groups excluding carboxylic acids is 1. The van der Waals surface area contributed by atoms with Gasteiger partial charge in [0.1, 0.15) is 5.82 Å². The van der Waals surface area contributed by atoms with Crippen LogP contribution in [0.15, 0.2) is 12.4 Å². The molecule has 18 heavy (non-hydrogen) atoms. The monoisotopic (exact) mass is 252 g/mol. The van der Waals surface area contributed by atoms with Crippen molar-refractivity contribution in [3.63, 3.8) is 0 Å². The van der Waals surface area contributed by atoms with Crippen molar-refractivity contribution < 1.29 is 4.79 Å². The third-order valence-electron chi connectivity index (χ3n) is 2.94. The first kappa shape index (κ1) is 14.7. The molecular weight excluding hydrogens is 228 g/mol. The summed E-state index contributed by atoms with van der Waals surface area (Å²) in [7, 11) is 1.89. The van der Waals surface area contributed by atoms with Crippen molar-refractivity contribution in [3.05, 3.63) is 18.2 Å². The molecule has 0 aliphatic rings. The van der Waals surface area contributed by atoms with E-state index in [9.17, 15) is 4.79 Å². The summed E-state index contributed by atoms with van der Waals surface area (Å²) in [5.74, 6) is 1.50. The van der Waals surface area contributed by atoms with Gasteiger partial charge in [-0.05, 0) is 14.0 Å². The number of rotatable bonds is 7. The predicted octanol–water partition coefficient (Wildman–Crippen LogP) is 1.12. The zero-order valence-electron chi connectivity index (χ0n) is 11.7. The second-order valence-corrected chi connectivity index (χ2v) is 4.88. The van der Waals surface area contributed by atoms with Crippen LogP contribution in [0, 0.1) is 0 Å². The summed E-state index contributed by atoms with van der Waals surface area (Å²) in [6.07, 6.45) is 4.21. The van der Waals surface area contributed by atoms with Crippen LogP contribution in [0.3, 0.4) is 0 Å². The first-order valence-electron chi connectivity index (χ1n) is 6.49. The van der Waals surface area contributed by atoms with Crippen molar-refractivity contribution in [2.24, 2.45) is 0 Å². The summed E-state index contributed by atoms with van der Waals surface area (Å²) in [4.78, 5) is 16.0. The summed E-state index contributed by atoms with van der Waals surface area (Å²) in [6.45, 7) is 7.59. The van der Waals surface area contributed by atoms with Crippen molar-refractivity contribution in [1.29, 1.82) is 0 Å². The minimum absolute atomic E-state index is 0.0838. The van der Waals surface area contributed by atoms with Gasteiger partial charge in [-0.15, -0.1) is 0 Å². The molecule has 0 saturated carbocycles. The summed E-state index contributed by atoms with van der Waals surface area (Å²) in [5, 5.41) is 5.99. The quantitative estimate of drug-likeness (QED) is 0.764. The third-order valence-corrected chi connectivity index (χ3v) is 2.94.